The second-order valence-electron chi connectivity index (χ2n) is 7.09. The minimum absolute atomic E-state index is 0.0554. The van der Waals surface area contributed by atoms with Crippen molar-refractivity contribution in [2.24, 2.45) is 10.9 Å². The number of para-hydroxylation sites is 1. The Morgan fingerprint density at radius 3 is 2.45 bits per heavy atom. The third-order valence-corrected chi connectivity index (χ3v) is 5.72. The zero-order valence-corrected chi connectivity index (χ0v) is 17.6. The van der Waals surface area contributed by atoms with Gasteiger partial charge in [0, 0.05) is 24.8 Å². The third kappa shape index (κ3) is 4.93. The number of hydrogen-bond acceptors (Lipinski definition) is 7. The van der Waals surface area contributed by atoms with Crippen LogP contribution in [-0.2, 0) is 14.4 Å². The lowest BCUT2D eigenvalue weighted by molar-refractivity contribution is -0.121. The Kier molecular flexibility index (Phi) is 6.31. The molecule has 4 N–H and O–H groups in total. The van der Waals surface area contributed by atoms with Gasteiger partial charge in [-0.2, -0.15) is 0 Å². The molecule has 2 unspecified atom stereocenters. The van der Waals surface area contributed by atoms with Crippen LogP contribution in [0.2, 0.25) is 0 Å². The number of carbonyl (C=O) groups is 3. The average Bonchev–Trinajstić information content (AvgIpc) is 3.23. The van der Waals surface area contributed by atoms with Crippen molar-refractivity contribution in [3.63, 3.8) is 0 Å². The van der Waals surface area contributed by atoms with E-state index >= 15 is 0 Å². The Bertz CT molecular complexity index is 1010. The molecule has 9 nitrogen and oxygen atoms in total. The summed E-state index contributed by atoms with van der Waals surface area (Å²) in [6.07, 6.45) is -0.348. The van der Waals surface area contributed by atoms with Crippen molar-refractivity contribution in [1.82, 2.24) is 10.9 Å². The van der Waals surface area contributed by atoms with Gasteiger partial charge in [-0.15, -0.1) is 0 Å². The van der Waals surface area contributed by atoms with Gasteiger partial charge in [-0.25, -0.2) is 10.4 Å². The number of aliphatic imine (C=N–C) groups is 1. The Labute approximate surface area is 183 Å². The lowest BCUT2D eigenvalue weighted by Crippen LogP contribution is -2.49. The number of fused-ring (bicyclic) bond motifs is 1. The van der Waals surface area contributed by atoms with Gasteiger partial charge in [-0.05, 0) is 36.4 Å². The second kappa shape index (κ2) is 9.29. The third-order valence-electron chi connectivity index (χ3n) is 4.77. The van der Waals surface area contributed by atoms with Gasteiger partial charge in [0.25, 0.3) is 0 Å². The summed E-state index contributed by atoms with van der Waals surface area (Å²) in [4.78, 5) is 42.9. The predicted octanol–water partition coefficient (Wildman–Crippen LogP) is 1.77. The van der Waals surface area contributed by atoms with Crippen molar-refractivity contribution in [3.8, 4) is 0 Å². The van der Waals surface area contributed by atoms with Gasteiger partial charge in [-0.3, -0.25) is 24.7 Å². The van der Waals surface area contributed by atoms with Gasteiger partial charge in [0.2, 0.25) is 17.7 Å². The number of hydrazine groups is 1. The van der Waals surface area contributed by atoms with Crippen LogP contribution in [0.5, 0.6) is 0 Å². The molecule has 2 atom stereocenters. The van der Waals surface area contributed by atoms with Crippen molar-refractivity contribution < 1.29 is 14.4 Å². The number of amides is 3. The fourth-order valence-electron chi connectivity index (χ4n) is 3.35. The molecule has 2 aromatic rings. The normalized spacial score (nSPS) is 20.1. The van der Waals surface area contributed by atoms with Crippen LogP contribution in [0.25, 0.3) is 0 Å². The van der Waals surface area contributed by atoms with E-state index in [4.69, 9.17) is 0 Å². The number of rotatable bonds is 5. The minimum atomic E-state index is -0.348. The molecule has 0 aromatic heterocycles. The molecule has 1 saturated heterocycles. The Hall–Kier alpha value is -3.21. The molecule has 31 heavy (non-hydrogen) atoms. The first kappa shape index (κ1) is 21.0. The molecule has 0 spiro atoms. The lowest BCUT2D eigenvalue weighted by Gasteiger charge is -2.32. The highest BCUT2D eigenvalue weighted by molar-refractivity contribution is 8.14. The summed E-state index contributed by atoms with van der Waals surface area (Å²) in [6.45, 7) is 1.94. The van der Waals surface area contributed by atoms with Crippen molar-refractivity contribution in [2.75, 3.05) is 27.8 Å². The number of hydrogen-bond donors (Lipinski definition) is 4. The van der Waals surface area contributed by atoms with Gasteiger partial charge in [0.05, 0.1) is 17.4 Å². The van der Waals surface area contributed by atoms with Crippen LogP contribution in [0.4, 0.5) is 17.1 Å². The zero-order valence-electron chi connectivity index (χ0n) is 16.8. The van der Waals surface area contributed by atoms with Gasteiger partial charge < -0.3 is 10.6 Å². The fourth-order valence-corrected chi connectivity index (χ4v) is 4.20. The highest BCUT2D eigenvalue weighted by atomic mass is 32.2. The molecular weight excluding hydrogens is 416 g/mol. The minimum Gasteiger partial charge on any atom is -0.326 e. The second-order valence-corrected chi connectivity index (χ2v) is 8.04. The molecule has 2 aromatic carbocycles. The molecule has 2 aliphatic rings. The van der Waals surface area contributed by atoms with E-state index in [2.05, 4.69) is 26.5 Å². The molecule has 0 aliphatic carbocycles. The zero-order chi connectivity index (χ0) is 21.8. The van der Waals surface area contributed by atoms with E-state index < -0.39 is 0 Å². The van der Waals surface area contributed by atoms with E-state index in [1.54, 1.807) is 29.2 Å². The molecule has 160 valence electrons. The summed E-state index contributed by atoms with van der Waals surface area (Å²) in [7, 11) is 0. The number of carbonyl (C=O) groups excluding carboxylic acids is 3. The number of anilines is 3. The number of thioether (sulfide) groups is 1. The standard InChI is InChI=1S/C21H22N6O3S/c1-13(28)23-14-7-9-15(10-8-14)24-18(29)12-31-21-25-19-17(11-22-26-19)20(30)27(21)16-5-3-2-4-6-16/h2-10,17,19,22,26H,11-12H2,1H3,(H,23,28)(H,24,29). The summed E-state index contributed by atoms with van der Waals surface area (Å²) >= 11 is 1.21. The molecule has 3 amide bonds. The van der Waals surface area contributed by atoms with Crippen LogP contribution >= 0.6 is 11.8 Å². The van der Waals surface area contributed by atoms with Gasteiger partial charge in [-0.1, -0.05) is 30.0 Å². The monoisotopic (exact) mass is 438 g/mol. The van der Waals surface area contributed by atoms with Gasteiger partial charge in [0.15, 0.2) is 5.17 Å². The quantitative estimate of drug-likeness (QED) is 0.566. The van der Waals surface area contributed by atoms with Crippen LogP contribution in [0.1, 0.15) is 6.92 Å². The van der Waals surface area contributed by atoms with Crippen LogP contribution in [0, 0.1) is 5.92 Å². The smallest absolute Gasteiger partial charge is 0.241 e. The molecule has 10 heteroatoms. The number of amidine groups is 1. The summed E-state index contributed by atoms with van der Waals surface area (Å²) in [5.41, 5.74) is 7.98. The maximum Gasteiger partial charge on any atom is 0.241 e. The van der Waals surface area contributed by atoms with Crippen molar-refractivity contribution in [3.05, 3.63) is 54.6 Å². The first-order chi connectivity index (χ1) is 15.0. The molecule has 0 radical (unpaired) electrons. The summed E-state index contributed by atoms with van der Waals surface area (Å²) < 4.78 is 0. The van der Waals surface area contributed by atoms with E-state index in [0.717, 1.165) is 5.69 Å². The highest BCUT2D eigenvalue weighted by Gasteiger charge is 2.42. The maximum absolute atomic E-state index is 13.1. The Balaban J connectivity index is 1.43. The Morgan fingerprint density at radius 1 is 1.10 bits per heavy atom. The number of nitrogens with one attached hydrogen (secondary N) is 4. The average molecular weight is 439 g/mol. The highest BCUT2D eigenvalue weighted by Crippen LogP contribution is 2.29. The van der Waals surface area contributed by atoms with E-state index in [0.29, 0.717) is 23.1 Å². The maximum atomic E-state index is 13.1. The summed E-state index contributed by atoms with van der Waals surface area (Å²) in [6, 6.07) is 16.2. The van der Waals surface area contributed by atoms with Crippen LogP contribution in [-0.4, -0.2) is 41.4 Å². The van der Waals surface area contributed by atoms with Crippen molar-refractivity contribution in [1.29, 1.82) is 0 Å². The topological polar surface area (TPSA) is 115 Å². The van der Waals surface area contributed by atoms with Gasteiger partial charge >= 0.3 is 0 Å². The van der Waals surface area contributed by atoms with Crippen molar-refractivity contribution in [2.45, 2.75) is 13.1 Å². The number of benzene rings is 2. The largest absolute Gasteiger partial charge is 0.326 e. The van der Waals surface area contributed by atoms with Gasteiger partial charge in [0.1, 0.15) is 6.17 Å². The first-order valence-corrected chi connectivity index (χ1v) is 10.8. The first-order valence-electron chi connectivity index (χ1n) is 9.77. The molecule has 0 saturated carbocycles. The van der Waals surface area contributed by atoms with Crippen LogP contribution < -0.4 is 26.4 Å². The number of nitrogens with zero attached hydrogens (tertiary/aromatic N) is 2. The van der Waals surface area contributed by atoms with Crippen molar-refractivity contribution >= 4 is 51.7 Å². The predicted molar refractivity (Wildman–Crippen MR) is 122 cm³/mol. The molecule has 1 fully saturated rings. The molecular formula is C21H22N6O3S. The van der Waals surface area contributed by atoms with E-state index in [1.165, 1.54) is 18.7 Å². The van der Waals surface area contributed by atoms with Crippen LogP contribution in [0.3, 0.4) is 0 Å². The summed E-state index contributed by atoms with van der Waals surface area (Å²) in [5.74, 6) is -0.637. The van der Waals surface area contributed by atoms with E-state index in [-0.39, 0.29) is 35.6 Å². The SMILES string of the molecule is CC(=O)Nc1ccc(NC(=O)CSC2=NC3NNCC3C(=O)N2c2ccccc2)cc1. The lowest BCUT2D eigenvalue weighted by atomic mass is 10.1. The molecule has 0 bridgehead atoms. The molecule has 2 heterocycles. The van der Waals surface area contributed by atoms with E-state index in [1.807, 2.05) is 30.3 Å². The van der Waals surface area contributed by atoms with E-state index in [9.17, 15) is 14.4 Å². The molecule has 2 aliphatic heterocycles. The summed E-state index contributed by atoms with van der Waals surface area (Å²) in [5, 5.41) is 5.97. The fraction of sp³-hybridized carbons (Fsp3) is 0.238. The van der Waals surface area contributed by atoms with Crippen LogP contribution in [0.15, 0.2) is 59.6 Å². The Morgan fingerprint density at radius 2 is 1.77 bits per heavy atom. The molecule has 4 rings (SSSR count).